The highest BCUT2D eigenvalue weighted by molar-refractivity contribution is 5.98. The zero-order valence-electron chi connectivity index (χ0n) is 21.5. The van der Waals surface area contributed by atoms with Crippen LogP contribution in [0.2, 0.25) is 0 Å². The molecule has 2 aromatic rings. The van der Waals surface area contributed by atoms with Gasteiger partial charge in [-0.1, -0.05) is 57.2 Å². The van der Waals surface area contributed by atoms with Gasteiger partial charge in [-0.05, 0) is 24.3 Å². The molecule has 39 heavy (non-hydrogen) atoms. The van der Waals surface area contributed by atoms with Crippen LogP contribution in [0.1, 0.15) is 54.3 Å². The largest absolute Gasteiger partial charge is 0.461 e. The summed E-state index contributed by atoms with van der Waals surface area (Å²) in [4.78, 5) is 66.7. The predicted molar refractivity (Wildman–Crippen MR) is 130 cm³/mol. The van der Waals surface area contributed by atoms with Crippen molar-refractivity contribution in [1.29, 1.82) is 0 Å². The molecule has 0 amide bonds. The lowest BCUT2D eigenvalue weighted by Crippen LogP contribution is -2.64. The van der Waals surface area contributed by atoms with Crippen molar-refractivity contribution < 1.29 is 47.7 Å². The van der Waals surface area contributed by atoms with Gasteiger partial charge in [0.1, 0.15) is 17.1 Å². The first-order chi connectivity index (χ1) is 18.5. The fraction of sp³-hybridized carbons (Fsp3) is 0.414. The summed E-state index contributed by atoms with van der Waals surface area (Å²) >= 11 is 0. The van der Waals surface area contributed by atoms with Crippen LogP contribution in [0.25, 0.3) is 0 Å². The number of benzene rings is 2. The standard InChI is InChI=1S/C29H26O10/c1-26(2,3)28-14-18-27(24(34)39-28,15-19(30)35-18)29(28)20(36-21(31)16-10-6-4-7-11-16)23(33)38-25(29)37-22(32)17-12-8-5-9-13-17/h4-13,18,20,25H,14-15H2,1-3H3/t18-,20+,25+,27-,28+,29?/m0/s1. The van der Waals surface area contributed by atoms with Gasteiger partial charge in [0, 0.05) is 11.8 Å². The second kappa shape index (κ2) is 8.14. The van der Waals surface area contributed by atoms with E-state index in [-0.39, 0.29) is 17.5 Å². The summed E-state index contributed by atoms with van der Waals surface area (Å²) in [6.45, 7) is 5.37. The number of ether oxygens (including phenoxy) is 5. The van der Waals surface area contributed by atoms with E-state index in [4.69, 9.17) is 23.7 Å². The van der Waals surface area contributed by atoms with E-state index in [1.807, 2.05) is 0 Å². The van der Waals surface area contributed by atoms with Gasteiger partial charge in [-0.25, -0.2) is 14.4 Å². The lowest BCUT2D eigenvalue weighted by molar-refractivity contribution is -0.220. The van der Waals surface area contributed by atoms with Crippen LogP contribution in [-0.2, 0) is 38.1 Å². The van der Waals surface area contributed by atoms with Gasteiger partial charge in [-0.2, -0.15) is 0 Å². The molecule has 6 rings (SSSR count). The number of carbonyl (C=O) groups excluding carboxylic acids is 5. The van der Waals surface area contributed by atoms with Crippen molar-refractivity contribution in [3.05, 3.63) is 71.8 Å². The molecule has 0 radical (unpaired) electrons. The van der Waals surface area contributed by atoms with Crippen LogP contribution in [0.15, 0.2) is 60.7 Å². The Balaban J connectivity index is 1.55. The molecule has 1 unspecified atom stereocenters. The van der Waals surface area contributed by atoms with Gasteiger partial charge in [0.2, 0.25) is 6.10 Å². The minimum atomic E-state index is -1.92. The normalized spacial score (nSPS) is 34.3. The minimum Gasteiger partial charge on any atom is -0.461 e. The molecular weight excluding hydrogens is 508 g/mol. The van der Waals surface area contributed by atoms with Crippen LogP contribution in [0.3, 0.4) is 0 Å². The fourth-order valence-electron chi connectivity index (χ4n) is 7.05. The third-order valence-electron chi connectivity index (χ3n) is 8.65. The van der Waals surface area contributed by atoms with Crippen molar-refractivity contribution in [2.45, 2.75) is 57.7 Å². The molecule has 0 aromatic heterocycles. The molecule has 2 aromatic carbocycles. The van der Waals surface area contributed by atoms with Crippen LogP contribution < -0.4 is 0 Å². The smallest absolute Gasteiger partial charge is 0.351 e. The molecule has 3 saturated heterocycles. The molecule has 202 valence electrons. The highest BCUT2D eigenvalue weighted by Gasteiger charge is 2.96. The summed E-state index contributed by atoms with van der Waals surface area (Å²) in [7, 11) is 0. The Morgan fingerprint density at radius 2 is 1.41 bits per heavy atom. The first kappa shape index (κ1) is 25.1. The maximum absolute atomic E-state index is 13.8. The topological polar surface area (TPSA) is 132 Å². The Kier molecular flexibility index (Phi) is 5.24. The minimum absolute atomic E-state index is 0.00337. The molecule has 3 heterocycles. The third-order valence-corrected chi connectivity index (χ3v) is 8.65. The molecule has 4 aliphatic rings. The Morgan fingerprint density at radius 3 is 1.97 bits per heavy atom. The summed E-state index contributed by atoms with van der Waals surface area (Å²) in [6.07, 6.45) is -4.93. The number of carbonyl (C=O) groups is 5. The SMILES string of the molecule is CC(C)(C)[C@@]12C[C@@H]3OC(=O)C[C@]3(C(=O)O1)C21[C@H](OC(=O)c2ccccc2)OC(=O)[C@H]1OC(=O)c1ccccc1. The van der Waals surface area contributed by atoms with Crippen molar-refractivity contribution >= 4 is 29.8 Å². The Morgan fingerprint density at radius 1 is 0.846 bits per heavy atom. The van der Waals surface area contributed by atoms with Gasteiger partial charge >= 0.3 is 29.8 Å². The highest BCUT2D eigenvalue weighted by atomic mass is 16.7. The van der Waals surface area contributed by atoms with Gasteiger partial charge < -0.3 is 23.7 Å². The summed E-state index contributed by atoms with van der Waals surface area (Å²) in [5.74, 6) is -4.17. The van der Waals surface area contributed by atoms with Gasteiger partial charge in [-0.3, -0.25) is 9.59 Å². The number of esters is 5. The van der Waals surface area contributed by atoms with Crippen molar-refractivity contribution in [1.82, 2.24) is 0 Å². The van der Waals surface area contributed by atoms with E-state index in [0.717, 1.165) is 0 Å². The van der Waals surface area contributed by atoms with E-state index in [2.05, 4.69) is 0 Å². The zero-order chi connectivity index (χ0) is 27.8. The molecule has 1 saturated carbocycles. The van der Waals surface area contributed by atoms with Crippen molar-refractivity contribution in [2.75, 3.05) is 0 Å². The molecule has 10 heteroatoms. The molecular formula is C29H26O10. The predicted octanol–water partition coefficient (Wildman–Crippen LogP) is 2.99. The molecule has 0 N–H and O–H groups in total. The monoisotopic (exact) mass is 534 g/mol. The van der Waals surface area contributed by atoms with E-state index in [0.29, 0.717) is 0 Å². The number of cyclic esters (lactones) is 1. The molecule has 1 aliphatic carbocycles. The van der Waals surface area contributed by atoms with Gasteiger partial charge in [-0.15, -0.1) is 0 Å². The molecule has 6 atom stereocenters. The van der Waals surface area contributed by atoms with Crippen molar-refractivity contribution in [3.8, 4) is 0 Å². The summed E-state index contributed by atoms with van der Waals surface area (Å²) < 4.78 is 29.1. The Bertz CT molecular complexity index is 1400. The Hall–Kier alpha value is -4.21. The number of hydrogen-bond donors (Lipinski definition) is 0. The van der Waals surface area contributed by atoms with E-state index in [1.54, 1.807) is 57.2 Å². The van der Waals surface area contributed by atoms with Crippen molar-refractivity contribution in [2.24, 2.45) is 16.2 Å². The van der Waals surface area contributed by atoms with Crippen LogP contribution in [0, 0.1) is 16.2 Å². The quantitative estimate of drug-likeness (QED) is 0.426. The fourth-order valence-corrected chi connectivity index (χ4v) is 7.05. The van der Waals surface area contributed by atoms with E-state index in [9.17, 15) is 24.0 Å². The number of rotatable bonds is 4. The van der Waals surface area contributed by atoms with Crippen molar-refractivity contribution in [3.63, 3.8) is 0 Å². The summed E-state index contributed by atoms with van der Waals surface area (Å²) in [6, 6.07) is 16.0. The lowest BCUT2D eigenvalue weighted by Gasteiger charge is -2.49. The van der Waals surface area contributed by atoms with Gasteiger partial charge in [0.05, 0.1) is 17.5 Å². The second-order valence-electron chi connectivity index (χ2n) is 11.4. The lowest BCUT2D eigenvalue weighted by atomic mass is 9.53. The Labute approximate surface area is 223 Å². The average molecular weight is 535 g/mol. The summed E-state index contributed by atoms with van der Waals surface area (Å²) in [5, 5.41) is 0. The van der Waals surface area contributed by atoms with Crippen LogP contribution >= 0.6 is 0 Å². The van der Waals surface area contributed by atoms with Crippen LogP contribution in [-0.4, -0.2) is 53.9 Å². The van der Waals surface area contributed by atoms with E-state index < -0.39 is 76.6 Å². The zero-order valence-corrected chi connectivity index (χ0v) is 21.5. The molecule has 4 fully saturated rings. The summed E-state index contributed by atoms with van der Waals surface area (Å²) in [5.41, 5.74) is -5.88. The van der Waals surface area contributed by atoms with Gasteiger partial charge in [0.25, 0.3) is 6.29 Å². The first-order valence-corrected chi connectivity index (χ1v) is 12.6. The molecule has 2 spiro atoms. The van der Waals surface area contributed by atoms with Crippen LogP contribution in [0.4, 0.5) is 0 Å². The van der Waals surface area contributed by atoms with E-state index >= 15 is 0 Å². The average Bonchev–Trinajstić information content (AvgIpc) is 3.53. The highest BCUT2D eigenvalue weighted by Crippen LogP contribution is 2.78. The molecule has 2 bridgehead atoms. The molecule has 10 nitrogen and oxygen atoms in total. The van der Waals surface area contributed by atoms with Gasteiger partial charge in [0.15, 0.2) is 5.41 Å². The second-order valence-corrected chi connectivity index (χ2v) is 11.4. The maximum Gasteiger partial charge on any atom is 0.351 e. The van der Waals surface area contributed by atoms with E-state index in [1.165, 1.54) is 24.3 Å². The first-order valence-electron chi connectivity index (χ1n) is 12.6. The third kappa shape index (κ3) is 3.05. The number of hydrogen-bond acceptors (Lipinski definition) is 10. The maximum atomic E-state index is 13.8. The van der Waals surface area contributed by atoms with Crippen LogP contribution in [0.5, 0.6) is 0 Å². The molecule has 3 aliphatic heterocycles.